The van der Waals surface area contributed by atoms with E-state index >= 15 is 0 Å². The van der Waals surface area contributed by atoms with E-state index in [1.165, 1.54) is 0 Å². The number of azide groups is 1. The van der Waals surface area contributed by atoms with Gasteiger partial charge in [-0.2, -0.15) is 0 Å². The summed E-state index contributed by atoms with van der Waals surface area (Å²) in [6.07, 6.45) is 6.87. The molecule has 2 aliphatic carbocycles. The lowest BCUT2D eigenvalue weighted by Gasteiger charge is -2.21. The molecule has 0 aromatic carbocycles. The normalized spacial score (nSPS) is 37.6. The fraction of sp³-hybridized carbons (Fsp3) is 0.933. The Morgan fingerprint density at radius 2 is 2.38 bits per heavy atom. The zero-order chi connectivity index (χ0) is 14.9. The average Bonchev–Trinajstić information content (AvgIpc) is 3.33. The van der Waals surface area contributed by atoms with Gasteiger partial charge < -0.3 is 14.9 Å². The summed E-state index contributed by atoms with van der Waals surface area (Å²) in [4.78, 5) is 2.83. The minimum atomic E-state index is -0.0277. The van der Waals surface area contributed by atoms with Gasteiger partial charge in [0.1, 0.15) is 0 Å². The highest BCUT2D eigenvalue weighted by Gasteiger charge is 2.66. The van der Waals surface area contributed by atoms with Crippen molar-refractivity contribution in [2.75, 3.05) is 13.2 Å². The quantitative estimate of drug-likeness (QED) is 0.321. The summed E-state index contributed by atoms with van der Waals surface area (Å²) in [7, 11) is 0. The number of hydrogen-bond donors (Lipinski definition) is 1. The van der Waals surface area contributed by atoms with Gasteiger partial charge in [-0.1, -0.05) is 12.0 Å². The highest BCUT2D eigenvalue weighted by atomic mass is 16.7. The first-order chi connectivity index (χ1) is 10.2. The zero-order valence-corrected chi connectivity index (χ0v) is 12.6. The number of rotatable bonds is 8. The van der Waals surface area contributed by atoms with E-state index in [2.05, 4.69) is 16.9 Å². The average molecular weight is 292 g/mol. The van der Waals surface area contributed by atoms with Crippen LogP contribution < -0.4 is 0 Å². The Hall–Kier alpha value is -1.10. The van der Waals surface area contributed by atoms with Crippen LogP contribution >= 0.6 is 0 Å². The third-order valence-electron chi connectivity index (χ3n) is 5.16. The first-order valence-corrected chi connectivity index (χ1v) is 8.01. The highest BCUT2D eigenvalue weighted by Crippen LogP contribution is 2.64. The molecule has 5 unspecified atom stereocenters. The van der Waals surface area contributed by atoms with Gasteiger partial charge in [-0.05, 0) is 55.2 Å². The van der Waals surface area contributed by atoms with E-state index in [4.69, 9.17) is 20.4 Å². The molecule has 3 aliphatic rings. The second-order valence-corrected chi connectivity index (χ2v) is 6.81. The predicted molar refractivity (Wildman–Crippen MR) is 79.1 cm³/mol. The largest absolute Gasteiger partial charge is 0.353 e. The van der Waals surface area contributed by atoms with E-state index < -0.39 is 0 Å². The Labute approximate surface area is 125 Å². The van der Waals surface area contributed by atoms with Crippen molar-refractivity contribution in [3.8, 4) is 0 Å². The maximum absolute atomic E-state index is 8.40. The smallest absolute Gasteiger partial charge is 0.158 e. The second-order valence-electron chi connectivity index (χ2n) is 6.81. The minimum Gasteiger partial charge on any atom is -0.353 e. The van der Waals surface area contributed by atoms with Crippen LogP contribution in [-0.4, -0.2) is 31.3 Å². The topological polar surface area (TPSA) is 91.1 Å². The molecule has 3 rings (SSSR count). The van der Waals surface area contributed by atoms with E-state index in [1.54, 1.807) is 6.21 Å². The first kappa shape index (κ1) is 14.8. The van der Waals surface area contributed by atoms with Gasteiger partial charge in [0, 0.05) is 30.4 Å². The lowest BCUT2D eigenvalue weighted by atomic mass is 10.0. The minimum absolute atomic E-state index is 0.0271. The Morgan fingerprint density at radius 1 is 1.57 bits per heavy atom. The monoisotopic (exact) mass is 292 g/mol. The van der Waals surface area contributed by atoms with Crippen molar-refractivity contribution in [2.24, 2.45) is 28.8 Å². The van der Waals surface area contributed by atoms with Gasteiger partial charge in [0.25, 0.3) is 0 Å². The molecule has 0 aromatic heterocycles. The van der Waals surface area contributed by atoms with Gasteiger partial charge in [-0.3, -0.25) is 0 Å². The van der Waals surface area contributed by atoms with Crippen LogP contribution in [0, 0.1) is 29.1 Å². The van der Waals surface area contributed by atoms with E-state index in [0.717, 1.165) is 38.7 Å². The molecular weight excluding hydrogens is 268 g/mol. The zero-order valence-electron chi connectivity index (χ0n) is 12.6. The maximum Gasteiger partial charge on any atom is 0.158 e. The van der Waals surface area contributed by atoms with Gasteiger partial charge in [0.05, 0.1) is 5.60 Å². The lowest BCUT2D eigenvalue weighted by molar-refractivity contribution is -0.162. The van der Waals surface area contributed by atoms with Crippen LogP contribution in [0.3, 0.4) is 0 Å². The summed E-state index contributed by atoms with van der Waals surface area (Å²) in [6.45, 7) is 3.47. The molecule has 0 spiro atoms. The summed E-state index contributed by atoms with van der Waals surface area (Å²) in [5, 5.41) is 11.3. The predicted octanol–water partition coefficient (Wildman–Crippen LogP) is 3.52. The Kier molecular flexibility index (Phi) is 4.20. The molecule has 1 N–H and O–H groups in total. The fourth-order valence-corrected chi connectivity index (χ4v) is 3.94. The molecule has 21 heavy (non-hydrogen) atoms. The van der Waals surface area contributed by atoms with E-state index in [-0.39, 0.29) is 11.9 Å². The lowest BCUT2D eigenvalue weighted by Crippen LogP contribution is -2.26. The molecule has 116 valence electrons. The van der Waals surface area contributed by atoms with Crippen LogP contribution in [0.5, 0.6) is 0 Å². The highest BCUT2D eigenvalue weighted by molar-refractivity contribution is 5.63. The van der Waals surface area contributed by atoms with Crippen LogP contribution in [0.4, 0.5) is 0 Å². The number of ether oxygens (including phenoxy) is 2. The molecule has 1 aliphatic heterocycles. The van der Waals surface area contributed by atoms with Crippen LogP contribution in [0.15, 0.2) is 5.11 Å². The van der Waals surface area contributed by atoms with Crippen molar-refractivity contribution in [1.82, 2.24) is 0 Å². The van der Waals surface area contributed by atoms with Crippen molar-refractivity contribution in [3.05, 3.63) is 10.4 Å². The molecule has 5 atom stereocenters. The maximum atomic E-state index is 8.40. The van der Waals surface area contributed by atoms with Gasteiger partial charge in [-0.25, -0.2) is 0 Å². The standard InChI is InChI=1S/C15H24N4O2/c1-10(9-18-19-17)7-11-12(8-16)14(11)15(4-5-15)21-13-3-2-6-20-13/h8,10-14,16H,2-7,9H2,1H3. The molecule has 6 heteroatoms. The Bertz CT molecular complexity index is 439. The van der Waals surface area contributed by atoms with Crippen LogP contribution in [-0.2, 0) is 9.47 Å². The third kappa shape index (κ3) is 3.07. The number of nitrogens with zero attached hydrogens (tertiary/aromatic N) is 3. The van der Waals surface area contributed by atoms with Crippen molar-refractivity contribution in [2.45, 2.75) is 50.9 Å². The Balaban J connectivity index is 1.56. The molecule has 2 saturated carbocycles. The van der Waals surface area contributed by atoms with Crippen LogP contribution in [0.1, 0.15) is 39.0 Å². The van der Waals surface area contributed by atoms with Crippen molar-refractivity contribution in [3.63, 3.8) is 0 Å². The number of nitrogens with one attached hydrogen (secondary N) is 1. The second kappa shape index (κ2) is 5.95. The summed E-state index contributed by atoms with van der Waals surface area (Å²) < 4.78 is 11.9. The molecule has 6 nitrogen and oxygen atoms in total. The molecule has 3 fully saturated rings. The van der Waals surface area contributed by atoms with E-state index in [0.29, 0.717) is 30.2 Å². The Morgan fingerprint density at radius 3 is 2.95 bits per heavy atom. The van der Waals surface area contributed by atoms with Crippen LogP contribution in [0.25, 0.3) is 10.4 Å². The van der Waals surface area contributed by atoms with E-state index in [1.807, 2.05) is 0 Å². The summed E-state index contributed by atoms with van der Waals surface area (Å²) in [5.74, 6) is 1.68. The fourth-order valence-electron chi connectivity index (χ4n) is 3.94. The van der Waals surface area contributed by atoms with Crippen molar-refractivity contribution in [1.29, 1.82) is 5.41 Å². The van der Waals surface area contributed by atoms with Gasteiger partial charge in [-0.15, -0.1) is 0 Å². The van der Waals surface area contributed by atoms with Crippen molar-refractivity contribution < 1.29 is 9.47 Å². The third-order valence-corrected chi connectivity index (χ3v) is 5.16. The van der Waals surface area contributed by atoms with Gasteiger partial charge in [0.2, 0.25) is 0 Å². The summed E-state index contributed by atoms with van der Waals surface area (Å²) >= 11 is 0. The molecular formula is C15H24N4O2. The molecule has 0 aromatic rings. The van der Waals surface area contributed by atoms with Crippen LogP contribution in [0.2, 0.25) is 0 Å². The SMILES string of the molecule is CC(CN=[N+]=[N-])CC1C(C=N)C1C1(OC2CCCO2)CC1. The molecule has 0 amide bonds. The summed E-state index contributed by atoms with van der Waals surface area (Å²) in [6, 6.07) is 0. The molecule has 1 saturated heterocycles. The van der Waals surface area contributed by atoms with Gasteiger partial charge in [0.15, 0.2) is 6.29 Å². The molecule has 0 bridgehead atoms. The molecule has 0 radical (unpaired) electrons. The number of hydrogen-bond acceptors (Lipinski definition) is 4. The first-order valence-electron chi connectivity index (χ1n) is 8.01. The van der Waals surface area contributed by atoms with Gasteiger partial charge >= 0.3 is 0 Å². The summed E-state index contributed by atoms with van der Waals surface area (Å²) in [5.41, 5.74) is 8.37. The van der Waals surface area contributed by atoms with Crippen molar-refractivity contribution >= 4 is 6.21 Å². The van der Waals surface area contributed by atoms with E-state index in [9.17, 15) is 0 Å². The molecule has 1 heterocycles.